The molecule has 17 heteroatoms. The largest absolute Gasteiger partial charge is 0.491 e. The van der Waals surface area contributed by atoms with E-state index in [1.165, 1.54) is 11.0 Å². The highest BCUT2D eigenvalue weighted by Gasteiger charge is 2.64. The third-order valence-corrected chi connectivity index (χ3v) is 17.0. The number of morpholine rings is 1. The molecule has 2 saturated heterocycles. The van der Waals surface area contributed by atoms with Crippen molar-refractivity contribution in [1.29, 1.82) is 0 Å². The number of benzene rings is 1. The molecule has 2 bridgehead atoms. The van der Waals surface area contributed by atoms with E-state index in [2.05, 4.69) is 33.4 Å². The van der Waals surface area contributed by atoms with Crippen LogP contribution in [0.5, 0.6) is 11.6 Å². The molecule has 4 amide bonds. The highest BCUT2D eigenvalue weighted by Crippen LogP contribution is 2.50. The van der Waals surface area contributed by atoms with E-state index in [1.54, 1.807) is 6.92 Å². The van der Waals surface area contributed by atoms with Crippen LogP contribution in [-0.2, 0) is 40.3 Å². The van der Waals surface area contributed by atoms with E-state index in [0.717, 1.165) is 75.5 Å². The number of amides is 4. The number of nitrogens with one attached hydrogen (secondary N) is 3. The molecule has 3 aliphatic heterocycles. The first-order valence-corrected chi connectivity index (χ1v) is 25.4. The minimum Gasteiger partial charge on any atom is -0.491 e. The number of pyridine rings is 1. The second kappa shape index (κ2) is 19.1. The molecule has 3 aliphatic carbocycles. The lowest BCUT2D eigenvalue weighted by molar-refractivity contribution is -0.143. The summed E-state index contributed by atoms with van der Waals surface area (Å²) in [7, 11) is -4.18. The average Bonchev–Trinajstić information content (AvgIpc) is 4.15. The number of fused-ring (bicyclic) bond motifs is 5. The van der Waals surface area contributed by atoms with Crippen LogP contribution in [0.3, 0.4) is 0 Å². The van der Waals surface area contributed by atoms with Gasteiger partial charge in [-0.05, 0) is 88.2 Å². The van der Waals surface area contributed by atoms with Gasteiger partial charge < -0.3 is 34.5 Å². The Hall–Kier alpha value is -4.74. The number of hydrogen-bond acceptors (Lipinski definition) is 12. The molecule has 16 nitrogen and oxygen atoms in total. The lowest BCUT2D eigenvalue weighted by Gasteiger charge is -2.35. The fourth-order valence-electron chi connectivity index (χ4n) is 10.5. The van der Waals surface area contributed by atoms with Crippen LogP contribution in [0.15, 0.2) is 49.1 Å². The number of carbonyl (C=O) groups excluding carboxylic acids is 4. The van der Waals surface area contributed by atoms with Crippen LogP contribution < -0.4 is 24.8 Å². The Kier molecular flexibility index (Phi) is 13.8. The van der Waals surface area contributed by atoms with E-state index in [-0.39, 0.29) is 31.4 Å². The second-order valence-electron chi connectivity index (χ2n) is 20.4. The number of nitrogens with zero attached hydrogens (tertiary/aromatic N) is 3. The maximum absolute atomic E-state index is 15.0. The van der Waals surface area contributed by atoms with Gasteiger partial charge in [-0.2, -0.15) is 0 Å². The molecule has 0 spiro atoms. The van der Waals surface area contributed by atoms with Crippen LogP contribution in [0.4, 0.5) is 4.79 Å². The summed E-state index contributed by atoms with van der Waals surface area (Å²) in [6.07, 6.45) is 7.43. The molecule has 3 N–H and O–H groups in total. The van der Waals surface area contributed by atoms with Crippen molar-refractivity contribution >= 4 is 44.7 Å². The Morgan fingerprint density at radius 3 is 2.48 bits per heavy atom. The van der Waals surface area contributed by atoms with Gasteiger partial charge in [0.05, 0.1) is 30.8 Å². The molecule has 3 saturated carbocycles. The Bertz CT molecular complexity index is 2320. The third kappa shape index (κ3) is 9.80. The predicted molar refractivity (Wildman–Crippen MR) is 248 cm³/mol. The van der Waals surface area contributed by atoms with Crippen molar-refractivity contribution in [3.8, 4) is 11.6 Å². The molecule has 1 aromatic heterocycles. The summed E-state index contributed by atoms with van der Waals surface area (Å²) < 4.78 is 53.4. The predicted octanol–water partition coefficient (Wildman–Crippen LogP) is 5.34. The van der Waals surface area contributed by atoms with Gasteiger partial charge in [0, 0.05) is 37.4 Å². The van der Waals surface area contributed by atoms with Gasteiger partial charge in [-0.15, -0.1) is 6.58 Å². The molecule has 360 valence electrons. The SMILES string of the molecule is C=CC1C[C@]1(NC(=O)[C@@H]1C[C@@H]2CN1C(=O)[C@H](C(C)(C)C)NC(=O)O[C@@H]1CCC[C@H]1CCCCCc1c(nc3ccccc3c1OCCN1CCOCC1)O2)C(=O)NS(=O)(=O)C1(C(=C)C)CC1. The molecule has 5 fully saturated rings. The van der Waals surface area contributed by atoms with E-state index in [0.29, 0.717) is 61.8 Å². The smallest absolute Gasteiger partial charge is 0.408 e. The Labute approximate surface area is 389 Å². The van der Waals surface area contributed by atoms with Crippen molar-refractivity contribution in [3.63, 3.8) is 0 Å². The zero-order valence-electron chi connectivity index (χ0n) is 39.0. The number of para-hydroxylation sites is 1. The van der Waals surface area contributed by atoms with Crippen LogP contribution in [0.1, 0.15) is 104 Å². The number of rotatable bonds is 11. The molecular formula is C49H68N6O10S. The fourth-order valence-corrected chi connectivity index (χ4v) is 12.2. The summed E-state index contributed by atoms with van der Waals surface area (Å²) in [5.74, 6) is -1.37. The van der Waals surface area contributed by atoms with E-state index in [1.807, 2.05) is 45.0 Å². The molecule has 7 atom stereocenters. The summed E-state index contributed by atoms with van der Waals surface area (Å²) >= 11 is 0. The summed E-state index contributed by atoms with van der Waals surface area (Å²) in [6, 6.07) is 5.49. The minimum absolute atomic E-state index is 0.0112. The molecule has 1 unspecified atom stereocenters. The molecule has 66 heavy (non-hydrogen) atoms. The van der Waals surface area contributed by atoms with E-state index < -0.39 is 73.6 Å². The number of carbonyl (C=O) groups is 4. The van der Waals surface area contributed by atoms with Gasteiger partial charge in [-0.25, -0.2) is 18.2 Å². The van der Waals surface area contributed by atoms with Crippen LogP contribution in [0.25, 0.3) is 10.9 Å². The van der Waals surface area contributed by atoms with Gasteiger partial charge in [0.25, 0.3) is 5.91 Å². The molecule has 0 radical (unpaired) electrons. The van der Waals surface area contributed by atoms with Gasteiger partial charge in [-0.1, -0.05) is 64.0 Å². The van der Waals surface area contributed by atoms with Gasteiger partial charge in [-0.3, -0.25) is 24.0 Å². The zero-order chi connectivity index (χ0) is 47.0. The maximum atomic E-state index is 15.0. The van der Waals surface area contributed by atoms with Crippen molar-refractivity contribution in [2.75, 3.05) is 46.0 Å². The molecular weight excluding hydrogens is 865 g/mol. The van der Waals surface area contributed by atoms with Gasteiger partial charge >= 0.3 is 6.09 Å². The highest BCUT2D eigenvalue weighted by atomic mass is 32.2. The monoisotopic (exact) mass is 932 g/mol. The summed E-state index contributed by atoms with van der Waals surface area (Å²) in [5, 5.41) is 6.64. The van der Waals surface area contributed by atoms with Crippen molar-refractivity contribution in [1.82, 2.24) is 30.1 Å². The number of ether oxygens (including phenoxy) is 4. The second-order valence-corrected chi connectivity index (χ2v) is 22.4. The third-order valence-electron chi connectivity index (χ3n) is 14.8. The average molecular weight is 933 g/mol. The fraction of sp³-hybridized carbons (Fsp3) is 0.653. The molecule has 4 heterocycles. The Morgan fingerprint density at radius 2 is 1.79 bits per heavy atom. The lowest BCUT2D eigenvalue weighted by Crippen LogP contribution is -2.60. The number of sulfonamides is 1. The van der Waals surface area contributed by atoms with Crippen LogP contribution >= 0.6 is 0 Å². The van der Waals surface area contributed by atoms with Gasteiger partial charge in [0.15, 0.2) is 0 Å². The van der Waals surface area contributed by atoms with E-state index >= 15 is 4.79 Å². The van der Waals surface area contributed by atoms with Crippen molar-refractivity contribution in [2.45, 2.75) is 139 Å². The summed E-state index contributed by atoms with van der Waals surface area (Å²) in [4.78, 5) is 66.4. The molecule has 2 aromatic rings. The van der Waals surface area contributed by atoms with Crippen molar-refractivity contribution in [2.24, 2.45) is 17.3 Å². The van der Waals surface area contributed by atoms with Crippen LogP contribution in [-0.4, -0.2) is 128 Å². The van der Waals surface area contributed by atoms with Gasteiger partial charge in [0.2, 0.25) is 27.7 Å². The quantitative estimate of drug-likeness (QED) is 0.246. The summed E-state index contributed by atoms with van der Waals surface area (Å²) in [6.45, 7) is 19.0. The minimum atomic E-state index is -4.18. The number of alkyl carbamates (subject to hydrolysis) is 1. The van der Waals surface area contributed by atoms with E-state index in [4.69, 9.17) is 23.9 Å². The molecule has 8 rings (SSSR count). The van der Waals surface area contributed by atoms with Crippen LogP contribution in [0.2, 0.25) is 0 Å². The maximum Gasteiger partial charge on any atom is 0.408 e. The topological polar surface area (TPSA) is 195 Å². The van der Waals surface area contributed by atoms with Gasteiger partial charge in [0.1, 0.15) is 46.9 Å². The van der Waals surface area contributed by atoms with Crippen molar-refractivity contribution < 1.29 is 46.5 Å². The van der Waals surface area contributed by atoms with Crippen LogP contribution in [0, 0.1) is 17.3 Å². The summed E-state index contributed by atoms with van der Waals surface area (Å²) in [5.41, 5.74) is -0.527. The first-order chi connectivity index (χ1) is 31.5. The Balaban J connectivity index is 1.14. The Morgan fingerprint density at radius 1 is 1.05 bits per heavy atom. The first kappa shape index (κ1) is 47.7. The normalized spacial score (nSPS) is 29.4. The van der Waals surface area contributed by atoms with Crippen molar-refractivity contribution in [3.05, 3.63) is 54.6 Å². The highest BCUT2D eigenvalue weighted by molar-refractivity contribution is 7.92. The lowest BCUT2D eigenvalue weighted by atomic mass is 9.85. The molecule has 6 aliphatic rings. The van der Waals surface area contributed by atoms with E-state index in [9.17, 15) is 22.8 Å². The standard InChI is InChI=1S/C49H68N6O10S/c1-7-33-29-49(33,45(58)53-66(60,61)48(20-21-48)31(2)3)52-42(56)38-28-34-30-55(38)44(57)41(47(4,5)6)51-46(59)65-39-19-13-15-32(39)14-9-8-10-17-36-40(63-27-24-54-22-25-62-26-23-54)35-16-11-12-18-37(35)50-43(36)64-34/h7,11-12,16,18,32-34,38-39,41H,1-2,8-10,13-15,17,19-30H2,3-6H3,(H,51,59)(H,52,56)(H,53,58)/t32-,33?,34-,38+,39-,41-,49-/m1/s1. The molecule has 1 aromatic carbocycles. The first-order valence-electron chi connectivity index (χ1n) is 23.9. The number of hydrogen-bond donors (Lipinski definition) is 3. The number of aromatic nitrogens is 1. The zero-order valence-corrected chi connectivity index (χ0v) is 39.8.